The van der Waals surface area contributed by atoms with Crippen LogP contribution in [0.4, 0.5) is 11.4 Å². The largest absolute Gasteiger partial charge is 0.483 e. The monoisotopic (exact) mass is 456 g/mol. The summed E-state index contributed by atoms with van der Waals surface area (Å²) in [4.78, 5) is 15.6. The lowest BCUT2D eigenvalue weighted by molar-refractivity contribution is -0.122. The minimum atomic E-state index is -0.250. The smallest absolute Gasteiger partial charge is 0.290 e. The molecule has 2 aromatic carbocycles. The molecule has 3 rings (SSSR count). The van der Waals surface area contributed by atoms with Gasteiger partial charge < -0.3 is 21.6 Å². The summed E-state index contributed by atoms with van der Waals surface area (Å²) in [6.45, 7) is 3.78. The third-order valence-electron chi connectivity index (χ3n) is 3.06. The SMILES string of the molecule is Cc1cc(N)c(N)cc1Br.Cc1cc2[nH]cnc2cc1Br.O=CO. The molecule has 0 saturated heterocycles. The van der Waals surface area contributed by atoms with Crippen molar-refractivity contribution in [1.29, 1.82) is 0 Å². The first-order valence-electron chi connectivity index (χ1n) is 6.78. The third-order valence-corrected chi connectivity index (χ3v) is 4.77. The van der Waals surface area contributed by atoms with Crippen LogP contribution in [-0.4, -0.2) is 21.5 Å². The molecule has 0 atom stereocenters. The average Bonchev–Trinajstić information content (AvgIpc) is 2.94. The van der Waals surface area contributed by atoms with Gasteiger partial charge in [0.1, 0.15) is 0 Å². The first-order chi connectivity index (χ1) is 11.3. The zero-order valence-electron chi connectivity index (χ0n) is 13.2. The molecular formula is C16H18Br2N4O2. The lowest BCUT2D eigenvalue weighted by atomic mass is 10.2. The molecule has 0 fully saturated rings. The summed E-state index contributed by atoms with van der Waals surface area (Å²) in [7, 11) is 0. The van der Waals surface area contributed by atoms with Gasteiger partial charge in [0.2, 0.25) is 0 Å². The Morgan fingerprint density at radius 1 is 1.04 bits per heavy atom. The van der Waals surface area contributed by atoms with Crippen molar-refractivity contribution in [3.63, 3.8) is 0 Å². The Bertz CT molecular complexity index is 748. The van der Waals surface area contributed by atoms with Crippen LogP contribution in [0, 0.1) is 13.8 Å². The van der Waals surface area contributed by atoms with E-state index in [-0.39, 0.29) is 6.47 Å². The fourth-order valence-electron chi connectivity index (χ4n) is 1.78. The number of hydrogen-bond acceptors (Lipinski definition) is 4. The minimum Gasteiger partial charge on any atom is -0.483 e. The van der Waals surface area contributed by atoms with Crippen LogP contribution in [0.15, 0.2) is 39.5 Å². The number of halogens is 2. The second-order valence-corrected chi connectivity index (χ2v) is 6.57. The lowest BCUT2D eigenvalue weighted by Gasteiger charge is -2.02. The van der Waals surface area contributed by atoms with Crippen molar-refractivity contribution in [2.24, 2.45) is 0 Å². The summed E-state index contributed by atoms with van der Waals surface area (Å²) >= 11 is 6.79. The second-order valence-electron chi connectivity index (χ2n) is 4.86. The van der Waals surface area contributed by atoms with Gasteiger partial charge >= 0.3 is 0 Å². The van der Waals surface area contributed by atoms with E-state index >= 15 is 0 Å². The molecule has 0 aliphatic rings. The number of imidazole rings is 1. The molecule has 0 aliphatic carbocycles. The van der Waals surface area contributed by atoms with Gasteiger partial charge in [0.15, 0.2) is 0 Å². The van der Waals surface area contributed by atoms with Crippen LogP contribution in [0.1, 0.15) is 11.1 Å². The highest BCUT2D eigenvalue weighted by Gasteiger charge is 1.99. The molecule has 0 aliphatic heterocycles. The fourth-order valence-corrected chi connectivity index (χ4v) is 2.48. The van der Waals surface area contributed by atoms with Gasteiger partial charge in [0.05, 0.1) is 28.7 Å². The Morgan fingerprint density at radius 2 is 1.54 bits per heavy atom. The van der Waals surface area contributed by atoms with E-state index in [1.165, 1.54) is 5.56 Å². The number of H-pyrrole nitrogens is 1. The number of nitrogens with two attached hydrogens (primary N) is 2. The summed E-state index contributed by atoms with van der Waals surface area (Å²) in [6.07, 6.45) is 1.70. The molecule has 0 saturated carbocycles. The Morgan fingerprint density at radius 3 is 2.12 bits per heavy atom. The highest BCUT2D eigenvalue weighted by Crippen LogP contribution is 2.24. The van der Waals surface area contributed by atoms with Crippen molar-refractivity contribution >= 4 is 60.7 Å². The number of fused-ring (bicyclic) bond motifs is 1. The van der Waals surface area contributed by atoms with Crippen LogP contribution >= 0.6 is 31.9 Å². The van der Waals surface area contributed by atoms with E-state index in [0.29, 0.717) is 11.4 Å². The van der Waals surface area contributed by atoms with Gasteiger partial charge in [-0.15, -0.1) is 0 Å². The van der Waals surface area contributed by atoms with Gasteiger partial charge in [-0.2, -0.15) is 0 Å². The predicted octanol–water partition coefficient (Wildman–Crippen LogP) is 4.26. The summed E-state index contributed by atoms with van der Waals surface area (Å²) in [5, 5.41) is 6.89. The maximum Gasteiger partial charge on any atom is 0.290 e. The van der Waals surface area contributed by atoms with Crippen molar-refractivity contribution in [2.75, 3.05) is 11.5 Å². The molecule has 24 heavy (non-hydrogen) atoms. The minimum absolute atomic E-state index is 0.250. The zero-order chi connectivity index (χ0) is 18.3. The van der Waals surface area contributed by atoms with Gasteiger partial charge in [-0.1, -0.05) is 31.9 Å². The quantitative estimate of drug-likeness (QED) is 0.297. The maximum absolute atomic E-state index is 8.36. The molecule has 0 unspecified atom stereocenters. The number of carboxylic acid groups (broad SMARTS) is 1. The number of rotatable bonds is 0. The molecule has 128 valence electrons. The van der Waals surface area contributed by atoms with E-state index in [9.17, 15) is 0 Å². The topological polar surface area (TPSA) is 118 Å². The number of aromatic nitrogens is 2. The number of anilines is 2. The van der Waals surface area contributed by atoms with Crippen LogP contribution < -0.4 is 11.5 Å². The van der Waals surface area contributed by atoms with E-state index in [2.05, 4.69) is 54.8 Å². The molecule has 1 aromatic heterocycles. The fraction of sp³-hybridized carbons (Fsp3) is 0.125. The molecule has 8 heteroatoms. The van der Waals surface area contributed by atoms with E-state index in [0.717, 1.165) is 25.5 Å². The van der Waals surface area contributed by atoms with E-state index in [1.54, 1.807) is 6.33 Å². The first kappa shape index (κ1) is 20.0. The van der Waals surface area contributed by atoms with Crippen LogP contribution in [0.2, 0.25) is 0 Å². The molecule has 3 aromatic rings. The number of nitrogens with zero attached hydrogens (tertiary/aromatic N) is 1. The number of hydrogen-bond donors (Lipinski definition) is 4. The number of benzene rings is 2. The average molecular weight is 458 g/mol. The number of nitrogens with one attached hydrogen (secondary N) is 1. The van der Waals surface area contributed by atoms with E-state index in [1.807, 2.05) is 25.1 Å². The number of aryl methyl sites for hydroxylation is 2. The second kappa shape index (κ2) is 9.29. The third kappa shape index (κ3) is 5.54. The molecular weight excluding hydrogens is 440 g/mol. The Kier molecular flexibility index (Phi) is 7.73. The van der Waals surface area contributed by atoms with Crippen LogP contribution in [0.5, 0.6) is 0 Å². The molecule has 6 nitrogen and oxygen atoms in total. The van der Waals surface area contributed by atoms with Crippen LogP contribution in [0.25, 0.3) is 11.0 Å². The Balaban J connectivity index is 0.000000208. The number of carbonyl (C=O) groups is 1. The van der Waals surface area contributed by atoms with E-state index < -0.39 is 0 Å². The van der Waals surface area contributed by atoms with Gasteiger partial charge in [0, 0.05) is 8.95 Å². The maximum atomic E-state index is 8.36. The zero-order valence-corrected chi connectivity index (χ0v) is 16.3. The molecule has 1 heterocycles. The van der Waals surface area contributed by atoms with Gasteiger partial charge in [-0.3, -0.25) is 4.79 Å². The summed E-state index contributed by atoms with van der Waals surface area (Å²) < 4.78 is 2.11. The van der Waals surface area contributed by atoms with Crippen molar-refractivity contribution in [3.8, 4) is 0 Å². The standard InChI is InChI=1S/C8H7BrN2.C7H9BrN2.CH2O2/c1-5-2-7-8(3-6(5)9)11-4-10-7;1-4-2-6(9)7(10)3-5(4)8;2-1-3/h2-4H,1H3,(H,10,11);2-3H,9-10H2,1H3;1H,(H,2,3). The molecule has 6 N–H and O–H groups in total. The van der Waals surface area contributed by atoms with Crippen LogP contribution in [-0.2, 0) is 4.79 Å². The van der Waals surface area contributed by atoms with Crippen molar-refractivity contribution in [2.45, 2.75) is 13.8 Å². The van der Waals surface area contributed by atoms with Crippen molar-refractivity contribution < 1.29 is 9.90 Å². The van der Waals surface area contributed by atoms with Gasteiger partial charge in [-0.25, -0.2) is 4.98 Å². The molecule has 0 spiro atoms. The van der Waals surface area contributed by atoms with Crippen molar-refractivity contribution in [1.82, 2.24) is 9.97 Å². The van der Waals surface area contributed by atoms with E-state index in [4.69, 9.17) is 21.4 Å². The lowest BCUT2D eigenvalue weighted by Crippen LogP contribution is -1.94. The highest BCUT2D eigenvalue weighted by atomic mass is 79.9. The molecule has 0 radical (unpaired) electrons. The summed E-state index contributed by atoms with van der Waals surface area (Å²) in [6, 6.07) is 7.75. The number of nitrogen functional groups attached to an aromatic ring is 2. The van der Waals surface area contributed by atoms with Gasteiger partial charge in [-0.05, 0) is 49.2 Å². The Hall–Kier alpha value is -2.06. The van der Waals surface area contributed by atoms with Crippen molar-refractivity contribution in [3.05, 3.63) is 50.7 Å². The number of aromatic amines is 1. The van der Waals surface area contributed by atoms with Gasteiger partial charge in [0.25, 0.3) is 6.47 Å². The highest BCUT2D eigenvalue weighted by molar-refractivity contribution is 9.10. The summed E-state index contributed by atoms with van der Waals surface area (Å²) in [5.74, 6) is 0. The predicted molar refractivity (Wildman–Crippen MR) is 105 cm³/mol. The summed E-state index contributed by atoms with van der Waals surface area (Å²) in [5.41, 5.74) is 16.8. The molecule has 0 bridgehead atoms. The molecule has 0 amide bonds. The van der Waals surface area contributed by atoms with Crippen LogP contribution in [0.3, 0.4) is 0 Å². The Labute approximate surface area is 156 Å². The first-order valence-corrected chi connectivity index (χ1v) is 8.37. The normalized spacial score (nSPS) is 9.50.